The molecule has 1 fully saturated rings. The van der Waals surface area contributed by atoms with E-state index in [1.54, 1.807) is 6.33 Å². The number of aromatic amines is 1. The highest BCUT2D eigenvalue weighted by atomic mass is 15.2. The van der Waals surface area contributed by atoms with Crippen molar-refractivity contribution in [3.63, 3.8) is 0 Å². The summed E-state index contributed by atoms with van der Waals surface area (Å²) in [6.07, 6.45) is 2.75. The van der Waals surface area contributed by atoms with Gasteiger partial charge in [-0.05, 0) is 25.8 Å². The molecular formula is C9H17N5. The first kappa shape index (κ1) is 9.61. The molecule has 78 valence electrons. The molecule has 0 saturated carbocycles. The van der Waals surface area contributed by atoms with Crippen molar-refractivity contribution in [2.24, 2.45) is 11.7 Å². The molecule has 1 aliphatic heterocycles. The highest BCUT2D eigenvalue weighted by molar-refractivity contribution is 4.86. The molecule has 0 amide bonds. The van der Waals surface area contributed by atoms with Crippen LogP contribution in [0.3, 0.4) is 0 Å². The monoisotopic (exact) mass is 195 g/mol. The number of aromatic nitrogens is 3. The fourth-order valence-electron chi connectivity index (χ4n) is 1.95. The Morgan fingerprint density at radius 1 is 1.79 bits per heavy atom. The summed E-state index contributed by atoms with van der Waals surface area (Å²) < 4.78 is 0. The zero-order valence-electron chi connectivity index (χ0n) is 8.48. The Bertz CT molecular complexity index is 269. The van der Waals surface area contributed by atoms with E-state index in [9.17, 15) is 0 Å². The third-order valence-electron chi connectivity index (χ3n) is 2.89. The molecule has 2 rings (SSSR count). The highest BCUT2D eigenvalue weighted by Crippen LogP contribution is 2.19. The van der Waals surface area contributed by atoms with Crippen molar-refractivity contribution in [3.05, 3.63) is 12.2 Å². The number of likely N-dealkylation sites (tertiary alicyclic amines) is 1. The minimum Gasteiger partial charge on any atom is -0.328 e. The summed E-state index contributed by atoms with van der Waals surface area (Å²) in [4.78, 5) is 6.48. The van der Waals surface area contributed by atoms with Gasteiger partial charge in [0.15, 0.2) is 0 Å². The van der Waals surface area contributed by atoms with Crippen LogP contribution in [0, 0.1) is 5.92 Å². The van der Waals surface area contributed by atoms with Crippen LogP contribution in [0.25, 0.3) is 0 Å². The molecule has 14 heavy (non-hydrogen) atoms. The second-order valence-electron chi connectivity index (χ2n) is 4.08. The lowest BCUT2D eigenvalue weighted by Gasteiger charge is -2.16. The van der Waals surface area contributed by atoms with Gasteiger partial charge in [-0.15, -0.1) is 0 Å². The van der Waals surface area contributed by atoms with Gasteiger partial charge in [0.05, 0.1) is 6.54 Å². The van der Waals surface area contributed by atoms with Crippen molar-refractivity contribution < 1.29 is 0 Å². The van der Waals surface area contributed by atoms with Crippen molar-refractivity contribution >= 4 is 0 Å². The average Bonchev–Trinajstić information content (AvgIpc) is 2.75. The van der Waals surface area contributed by atoms with E-state index in [4.69, 9.17) is 5.73 Å². The van der Waals surface area contributed by atoms with E-state index in [-0.39, 0.29) is 0 Å². The lowest BCUT2D eigenvalue weighted by Crippen LogP contribution is -2.29. The van der Waals surface area contributed by atoms with Crippen molar-refractivity contribution in [3.8, 4) is 0 Å². The third kappa shape index (κ3) is 2.10. The van der Waals surface area contributed by atoms with Crippen LogP contribution in [0.15, 0.2) is 6.33 Å². The molecule has 5 heteroatoms. The smallest absolute Gasteiger partial charge is 0.138 e. The second-order valence-corrected chi connectivity index (χ2v) is 4.08. The van der Waals surface area contributed by atoms with Gasteiger partial charge in [-0.1, -0.05) is 0 Å². The first-order valence-electron chi connectivity index (χ1n) is 5.08. The summed E-state index contributed by atoms with van der Waals surface area (Å²) in [6.45, 7) is 5.15. The minimum atomic E-state index is 0.301. The highest BCUT2D eigenvalue weighted by Gasteiger charge is 2.25. The Morgan fingerprint density at radius 3 is 3.21 bits per heavy atom. The number of rotatable bonds is 3. The molecule has 1 aromatic heterocycles. The minimum absolute atomic E-state index is 0.301. The van der Waals surface area contributed by atoms with Crippen LogP contribution in [0.5, 0.6) is 0 Å². The zero-order valence-corrected chi connectivity index (χ0v) is 8.48. The molecule has 5 nitrogen and oxygen atoms in total. The summed E-state index contributed by atoms with van der Waals surface area (Å²) >= 11 is 0. The maximum absolute atomic E-state index is 5.87. The molecule has 1 saturated heterocycles. The van der Waals surface area contributed by atoms with Gasteiger partial charge in [-0.2, -0.15) is 5.10 Å². The molecule has 0 bridgehead atoms. The van der Waals surface area contributed by atoms with Crippen molar-refractivity contribution in [1.29, 1.82) is 0 Å². The quantitative estimate of drug-likeness (QED) is 0.710. The first-order chi connectivity index (χ1) is 6.75. The number of nitrogens with one attached hydrogen (secondary N) is 1. The van der Waals surface area contributed by atoms with E-state index < -0.39 is 0 Å². The van der Waals surface area contributed by atoms with Crippen molar-refractivity contribution in [1.82, 2.24) is 20.1 Å². The second kappa shape index (κ2) is 4.06. The Balaban J connectivity index is 1.84. The third-order valence-corrected chi connectivity index (χ3v) is 2.89. The summed E-state index contributed by atoms with van der Waals surface area (Å²) in [5.41, 5.74) is 5.87. The van der Waals surface area contributed by atoms with E-state index in [0.717, 1.165) is 25.5 Å². The standard InChI is InChI=1S/C9H17N5/c1-7(10)8-2-3-14(4-8)5-9-11-6-12-13-9/h6-8H,2-5,10H2,1H3,(H,11,12,13). The largest absolute Gasteiger partial charge is 0.328 e. The number of nitrogens with two attached hydrogens (primary N) is 1. The van der Waals surface area contributed by atoms with E-state index in [2.05, 4.69) is 27.0 Å². The van der Waals surface area contributed by atoms with Gasteiger partial charge in [-0.3, -0.25) is 10.00 Å². The maximum Gasteiger partial charge on any atom is 0.138 e. The van der Waals surface area contributed by atoms with Crippen molar-refractivity contribution in [2.75, 3.05) is 13.1 Å². The van der Waals surface area contributed by atoms with Gasteiger partial charge in [-0.25, -0.2) is 4.98 Å². The van der Waals surface area contributed by atoms with Gasteiger partial charge < -0.3 is 5.73 Å². The SMILES string of the molecule is CC(N)C1CCN(Cc2ncn[nH]2)C1. The van der Waals surface area contributed by atoms with E-state index >= 15 is 0 Å². The van der Waals surface area contributed by atoms with Gasteiger partial charge >= 0.3 is 0 Å². The number of hydrogen-bond acceptors (Lipinski definition) is 4. The molecule has 0 radical (unpaired) electrons. The number of H-pyrrole nitrogens is 1. The lowest BCUT2D eigenvalue weighted by atomic mass is 10.0. The topological polar surface area (TPSA) is 70.8 Å². The van der Waals surface area contributed by atoms with Gasteiger partial charge in [0.25, 0.3) is 0 Å². The number of hydrogen-bond donors (Lipinski definition) is 2. The van der Waals surface area contributed by atoms with Crippen molar-refractivity contribution in [2.45, 2.75) is 25.9 Å². The van der Waals surface area contributed by atoms with E-state index in [1.807, 2.05) is 0 Å². The molecule has 1 aliphatic rings. The molecule has 3 N–H and O–H groups in total. The molecular weight excluding hydrogens is 178 g/mol. The fourth-order valence-corrected chi connectivity index (χ4v) is 1.95. The fraction of sp³-hybridized carbons (Fsp3) is 0.778. The number of nitrogens with zero attached hydrogens (tertiary/aromatic N) is 3. The summed E-state index contributed by atoms with van der Waals surface area (Å²) in [6, 6.07) is 0.301. The molecule has 0 spiro atoms. The van der Waals surface area contributed by atoms with Gasteiger partial charge in [0, 0.05) is 12.6 Å². The van der Waals surface area contributed by atoms with Crippen LogP contribution in [-0.2, 0) is 6.54 Å². The van der Waals surface area contributed by atoms with Crippen LogP contribution in [-0.4, -0.2) is 39.2 Å². The molecule has 1 aromatic rings. The summed E-state index contributed by atoms with van der Waals surface area (Å²) in [5.74, 6) is 1.58. The molecule has 2 heterocycles. The Labute approximate surface area is 83.7 Å². The maximum atomic E-state index is 5.87. The summed E-state index contributed by atoms with van der Waals surface area (Å²) in [5, 5.41) is 6.70. The average molecular weight is 195 g/mol. The predicted molar refractivity (Wildman–Crippen MR) is 53.4 cm³/mol. The molecule has 0 aromatic carbocycles. The summed E-state index contributed by atoms with van der Waals surface area (Å²) in [7, 11) is 0. The van der Waals surface area contributed by atoms with Crippen LogP contribution < -0.4 is 5.73 Å². The Morgan fingerprint density at radius 2 is 2.64 bits per heavy atom. The lowest BCUT2D eigenvalue weighted by molar-refractivity contribution is 0.301. The van der Waals surface area contributed by atoms with Crippen LogP contribution in [0.4, 0.5) is 0 Å². The van der Waals surface area contributed by atoms with E-state index in [0.29, 0.717) is 12.0 Å². The molecule has 2 atom stereocenters. The molecule has 0 aliphatic carbocycles. The van der Waals surface area contributed by atoms with Gasteiger partial charge in [0.1, 0.15) is 12.2 Å². The van der Waals surface area contributed by atoms with Crippen LogP contribution >= 0.6 is 0 Å². The predicted octanol–water partition coefficient (Wildman–Crippen LogP) is -0.0262. The van der Waals surface area contributed by atoms with Gasteiger partial charge in [0.2, 0.25) is 0 Å². The van der Waals surface area contributed by atoms with Crippen LogP contribution in [0.2, 0.25) is 0 Å². The Hall–Kier alpha value is -0.940. The zero-order chi connectivity index (χ0) is 9.97. The Kier molecular flexibility index (Phi) is 2.79. The molecule has 2 unspecified atom stereocenters. The normalized spacial score (nSPS) is 25.4. The van der Waals surface area contributed by atoms with Crippen LogP contribution in [0.1, 0.15) is 19.2 Å². The van der Waals surface area contributed by atoms with E-state index in [1.165, 1.54) is 6.42 Å². The first-order valence-corrected chi connectivity index (χ1v) is 5.08.